The van der Waals surface area contributed by atoms with Gasteiger partial charge in [0.15, 0.2) is 0 Å². The molecule has 1 aromatic carbocycles. The van der Waals surface area contributed by atoms with Crippen LogP contribution >= 0.6 is 0 Å². The van der Waals surface area contributed by atoms with Gasteiger partial charge < -0.3 is 9.67 Å². The molecule has 2 rings (SSSR count). The first-order valence-electron chi connectivity index (χ1n) is 6.67. The number of benzene rings is 1. The van der Waals surface area contributed by atoms with Gasteiger partial charge in [0.1, 0.15) is 0 Å². The van der Waals surface area contributed by atoms with E-state index in [-0.39, 0.29) is 5.69 Å². The fraction of sp³-hybridized carbons (Fsp3) is 0.333. The predicted molar refractivity (Wildman–Crippen MR) is 76.5 cm³/mol. The van der Waals surface area contributed by atoms with E-state index in [1.807, 2.05) is 30.0 Å². The van der Waals surface area contributed by atoms with E-state index in [1.54, 1.807) is 12.1 Å². The molecule has 0 aliphatic carbocycles. The van der Waals surface area contributed by atoms with Crippen LogP contribution in [0.25, 0.3) is 0 Å². The Hall–Kier alpha value is -2.14. The number of nitro benzene ring substituents is 1. The molecule has 0 aliphatic rings. The van der Waals surface area contributed by atoms with Crippen LogP contribution < -0.4 is 0 Å². The van der Waals surface area contributed by atoms with E-state index in [1.165, 1.54) is 12.1 Å². The highest BCUT2D eigenvalue weighted by molar-refractivity contribution is 5.32. The molecule has 20 heavy (non-hydrogen) atoms. The number of hydrogen-bond donors (Lipinski definition) is 1. The Labute approximate surface area is 117 Å². The third kappa shape index (κ3) is 3.45. The molecule has 0 fully saturated rings. The molecule has 1 heterocycles. The van der Waals surface area contributed by atoms with Crippen LogP contribution in [0.1, 0.15) is 30.6 Å². The van der Waals surface area contributed by atoms with Crippen molar-refractivity contribution in [3.63, 3.8) is 0 Å². The van der Waals surface area contributed by atoms with Crippen LogP contribution in [0.3, 0.4) is 0 Å². The van der Waals surface area contributed by atoms with Crippen molar-refractivity contribution in [1.29, 1.82) is 0 Å². The Bertz CT molecular complexity index is 575. The van der Waals surface area contributed by atoms with Gasteiger partial charge in [0.05, 0.1) is 11.0 Å². The Balaban J connectivity index is 1.94. The molecule has 0 saturated carbocycles. The van der Waals surface area contributed by atoms with E-state index in [0.29, 0.717) is 6.42 Å². The number of nitrogens with zero attached hydrogens (tertiary/aromatic N) is 2. The van der Waals surface area contributed by atoms with Crippen LogP contribution in [0.15, 0.2) is 42.7 Å². The lowest BCUT2D eigenvalue weighted by atomic mass is 10.1. The maximum Gasteiger partial charge on any atom is 0.269 e. The number of nitro groups is 1. The summed E-state index contributed by atoms with van der Waals surface area (Å²) in [5.41, 5.74) is 2.10. The lowest BCUT2D eigenvalue weighted by molar-refractivity contribution is -0.384. The molecule has 1 atom stereocenters. The van der Waals surface area contributed by atoms with Crippen LogP contribution in [0.4, 0.5) is 5.69 Å². The topological polar surface area (TPSA) is 68.3 Å². The molecule has 5 heteroatoms. The van der Waals surface area contributed by atoms with Gasteiger partial charge in [0.2, 0.25) is 0 Å². The normalized spacial score (nSPS) is 12.3. The maximum atomic E-state index is 10.6. The molecule has 1 unspecified atom stereocenters. The first-order valence-corrected chi connectivity index (χ1v) is 6.67. The predicted octanol–water partition coefficient (Wildman–Crippen LogP) is 3.08. The monoisotopic (exact) mass is 274 g/mol. The summed E-state index contributed by atoms with van der Waals surface area (Å²) in [7, 11) is 0. The molecule has 1 aromatic heterocycles. The van der Waals surface area contributed by atoms with Crippen molar-refractivity contribution in [2.24, 2.45) is 0 Å². The van der Waals surface area contributed by atoms with Gasteiger partial charge in [-0.1, -0.05) is 19.1 Å². The highest BCUT2D eigenvalue weighted by atomic mass is 16.6. The smallest absolute Gasteiger partial charge is 0.269 e. The summed E-state index contributed by atoms with van der Waals surface area (Å²) >= 11 is 0. The zero-order valence-electron chi connectivity index (χ0n) is 11.4. The SMILES string of the molecule is CCC(O)c1ccn(CCc2ccc([N+](=O)[O-])cc2)c1. The molecule has 0 bridgehead atoms. The molecule has 0 radical (unpaired) electrons. The van der Waals surface area contributed by atoms with E-state index < -0.39 is 11.0 Å². The fourth-order valence-corrected chi connectivity index (χ4v) is 2.07. The largest absolute Gasteiger partial charge is 0.388 e. The number of aromatic nitrogens is 1. The Morgan fingerprint density at radius 3 is 2.60 bits per heavy atom. The molecule has 2 aromatic rings. The fourth-order valence-electron chi connectivity index (χ4n) is 2.07. The van der Waals surface area contributed by atoms with Crippen LogP contribution in [0, 0.1) is 10.1 Å². The van der Waals surface area contributed by atoms with E-state index in [0.717, 1.165) is 24.1 Å². The number of aryl methyl sites for hydroxylation is 2. The molecule has 0 spiro atoms. The van der Waals surface area contributed by atoms with Crippen molar-refractivity contribution in [3.05, 3.63) is 64.0 Å². The van der Waals surface area contributed by atoms with E-state index in [9.17, 15) is 15.2 Å². The second-order valence-corrected chi connectivity index (χ2v) is 4.78. The summed E-state index contributed by atoms with van der Waals surface area (Å²) in [5, 5.41) is 20.3. The number of aliphatic hydroxyl groups is 1. The summed E-state index contributed by atoms with van der Waals surface area (Å²) < 4.78 is 2.02. The van der Waals surface area contributed by atoms with Gasteiger partial charge in [-0.05, 0) is 30.0 Å². The summed E-state index contributed by atoms with van der Waals surface area (Å²) in [6, 6.07) is 8.53. The molecule has 1 N–H and O–H groups in total. The Morgan fingerprint density at radius 2 is 2.00 bits per heavy atom. The zero-order chi connectivity index (χ0) is 14.5. The van der Waals surface area contributed by atoms with Crippen molar-refractivity contribution in [2.75, 3.05) is 0 Å². The van der Waals surface area contributed by atoms with Gasteiger partial charge in [-0.3, -0.25) is 10.1 Å². The van der Waals surface area contributed by atoms with Gasteiger partial charge in [0, 0.05) is 31.1 Å². The minimum absolute atomic E-state index is 0.114. The van der Waals surface area contributed by atoms with Crippen LogP contribution in [0.5, 0.6) is 0 Å². The van der Waals surface area contributed by atoms with E-state index in [4.69, 9.17) is 0 Å². The number of aliphatic hydroxyl groups excluding tert-OH is 1. The van der Waals surface area contributed by atoms with Gasteiger partial charge >= 0.3 is 0 Å². The standard InChI is InChI=1S/C15H18N2O3/c1-2-15(18)13-8-10-16(11-13)9-7-12-3-5-14(6-4-12)17(19)20/h3-6,8,10-11,15,18H,2,7,9H2,1H3. The van der Waals surface area contributed by atoms with Crippen LogP contribution in [-0.4, -0.2) is 14.6 Å². The average molecular weight is 274 g/mol. The Kier molecular flexibility index (Phi) is 4.53. The van der Waals surface area contributed by atoms with Crippen molar-refractivity contribution in [3.8, 4) is 0 Å². The quantitative estimate of drug-likeness (QED) is 0.650. The molecule has 0 saturated heterocycles. The van der Waals surface area contributed by atoms with Crippen molar-refractivity contribution in [1.82, 2.24) is 4.57 Å². The van der Waals surface area contributed by atoms with Gasteiger partial charge in [-0.2, -0.15) is 0 Å². The second kappa shape index (κ2) is 6.34. The van der Waals surface area contributed by atoms with Gasteiger partial charge in [0.25, 0.3) is 5.69 Å². The average Bonchev–Trinajstić information content (AvgIpc) is 2.93. The van der Waals surface area contributed by atoms with Crippen molar-refractivity contribution >= 4 is 5.69 Å². The first kappa shape index (κ1) is 14.3. The summed E-state index contributed by atoms with van der Waals surface area (Å²) in [6.07, 6.45) is 4.98. The summed E-state index contributed by atoms with van der Waals surface area (Å²) in [4.78, 5) is 10.2. The molecular weight excluding hydrogens is 256 g/mol. The van der Waals surface area contributed by atoms with Crippen LogP contribution in [0.2, 0.25) is 0 Å². The number of non-ortho nitro benzene ring substituents is 1. The highest BCUT2D eigenvalue weighted by Gasteiger charge is 2.07. The first-order chi connectivity index (χ1) is 9.60. The third-order valence-electron chi connectivity index (χ3n) is 3.35. The van der Waals surface area contributed by atoms with Gasteiger partial charge in [-0.25, -0.2) is 0 Å². The Morgan fingerprint density at radius 1 is 1.30 bits per heavy atom. The molecule has 0 aliphatic heterocycles. The lowest BCUT2D eigenvalue weighted by Crippen LogP contribution is -1.99. The van der Waals surface area contributed by atoms with E-state index in [2.05, 4.69) is 0 Å². The van der Waals surface area contributed by atoms with Crippen molar-refractivity contribution in [2.45, 2.75) is 32.4 Å². The van der Waals surface area contributed by atoms with Gasteiger partial charge in [-0.15, -0.1) is 0 Å². The molecule has 106 valence electrons. The maximum absolute atomic E-state index is 10.6. The molecule has 0 amide bonds. The minimum Gasteiger partial charge on any atom is -0.388 e. The summed E-state index contributed by atoms with van der Waals surface area (Å²) in [5.74, 6) is 0. The number of hydrogen-bond acceptors (Lipinski definition) is 3. The molecular formula is C15H18N2O3. The van der Waals surface area contributed by atoms with E-state index >= 15 is 0 Å². The third-order valence-corrected chi connectivity index (χ3v) is 3.35. The highest BCUT2D eigenvalue weighted by Crippen LogP contribution is 2.17. The second-order valence-electron chi connectivity index (χ2n) is 4.78. The summed E-state index contributed by atoms with van der Waals surface area (Å²) in [6.45, 7) is 2.73. The number of rotatable bonds is 6. The minimum atomic E-state index is -0.407. The molecule has 5 nitrogen and oxygen atoms in total. The van der Waals surface area contributed by atoms with Crippen molar-refractivity contribution < 1.29 is 10.0 Å². The zero-order valence-corrected chi connectivity index (χ0v) is 11.4. The van der Waals surface area contributed by atoms with Crippen LogP contribution in [-0.2, 0) is 13.0 Å². The lowest BCUT2D eigenvalue weighted by Gasteiger charge is -2.05.